The summed E-state index contributed by atoms with van der Waals surface area (Å²) in [6.45, 7) is 1.98. The maximum Gasteiger partial charge on any atom is 0.337 e. The zero-order valence-electron chi connectivity index (χ0n) is 19.5. The first-order valence-corrected chi connectivity index (χ1v) is 11.8. The Balaban J connectivity index is 1.52. The van der Waals surface area contributed by atoms with E-state index >= 15 is 0 Å². The summed E-state index contributed by atoms with van der Waals surface area (Å²) in [5, 5.41) is 13.6. The molecule has 1 heterocycles. The fourth-order valence-corrected chi connectivity index (χ4v) is 5.11. The number of phenols is 1. The van der Waals surface area contributed by atoms with Crippen molar-refractivity contribution in [2.45, 2.75) is 38.2 Å². The molecule has 1 aliphatic carbocycles. The number of aromatic hydroxyl groups is 1. The predicted octanol–water partition coefficient (Wildman–Crippen LogP) is 5.50. The summed E-state index contributed by atoms with van der Waals surface area (Å²) >= 11 is 0. The van der Waals surface area contributed by atoms with Gasteiger partial charge in [-0.3, -0.25) is 4.79 Å². The van der Waals surface area contributed by atoms with E-state index in [0.29, 0.717) is 35.2 Å². The Bertz CT molecular complexity index is 1320. The lowest BCUT2D eigenvalue weighted by Crippen LogP contribution is -2.36. The van der Waals surface area contributed by atoms with Gasteiger partial charge in [-0.2, -0.15) is 0 Å². The summed E-state index contributed by atoms with van der Waals surface area (Å²) in [6, 6.07) is 26.3. The van der Waals surface area contributed by atoms with Crippen LogP contribution in [-0.4, -0.2) is 16.9 Å². The molecule has 2 unspecified atom stereocenters. The summed E-state index contributed by atoms with van der Waals surface area (Å²) < 4.78 is 5.69. The van der Waals surface area contributed by atoms with E-state index < -0.39 is 11.9 Å². The minimum atomic E-state index is -0.606. The first kappa shape index (κ1) is 22.7. The number of rotatable bonds is 5. The highest BCUT2D eigenvalue weighted by Crippen LogP contribution is 2.46. The third-order valence-corrected chi connectivity index (χ3v) is 6.73. The summed E-state index contributed by atoms with van der Waals surface area (Å²) in [5.41, 5.74) is 5.18. The minimum absolute atomic E-state index is 0.00167. The van der Waals surface area contributed by atoms with E-state index in [1.54, 1.807) is 18.2 Å². The first-order valence-electron chi connectivity index (χ1n) is 11.8. The maximum atomic E-state index is 13.6. The van der Waals surface area contributed by atoms with Crippen molar-refractivity contribution in [3.05, 3.63) is 124 Å². The third kappa shape index (κ3) is 4.62. The van der Waals surface area contributed by atoms with Crippen LogP contribution in [0.25, 0.3) is 0 Å². The van der Waals surface area contributed by atoms with Gasteiger partial charge in [0, 0.05) is 29.3 Å². The molecule has 5 rings (SSSR count). The molecule has 0 fully saturated rings. The minimum Gasteiger partial charge on any atom is -0.508 e. The highest BCUT2D eigenvalue weighted by Gasteiger charge is 2.41. The van der Waals surface area contributed by atoms with Gasteiger partial charge in [-0.25, -0.2) is 4.79 Å². The van der Waals surface area contributed by atoms with Crippen molar-refractivity contribution in [3.63, 3.8) is 0 Å². The smallest absolute Gasteiger partial charge is 0.337 e. The lowest BCUT2D eigenvalue weighted by molar-refractivity contribution is -0.140. The van der Waals surface area contributed by atoms with Crippen molar-refractivity contribution in [1.29, 1.82) is 0 Å². The first-order chi connectivity index (χ1) is 17.0. The maximum absolute atomic E-state index is 13.6. The average Bonchev–Trinajstić information content (AvgIpc) is 2.87. The molecule has 5 nitrogen and oxygen atoms in total. The largest absolute Gasteiger partial charge is 0.508 e. The van der Waals surface area contributed by atoms with E-state index in [9.17, 15) is 14.7 Å². The van der Waals surface area contributed by atoms with Gasteiger partial charge in [-0.1, -0.05) is 72.8 Å². The van der Waals surface area contributed by atoms with Gasteiger partial charge in [0.05, 0.1) is 5.57 Å². The molecule has 5 heteroatoms. The number of phenolic OH excluding ortho intramolecular Hbond substituents is 1. The number of carbonyl (C=O) groups is 2. The number of benzene rings is 3. The molecule has 0 spiro atoms. The van der Waals surface area contributed by atoms with Crippen molar-refractivity contribution < 1.29 is 19.4 Å². The SMILES string of the molecule is CC1=C(C(=O)OCc2ccccc2)C(c2cccc(O)c2)C2=C(CC(c3ccccc3)CC2=O)N1. The Hall–Kier alpha value is -4.12. The molecule has 0 bridgehead atoms. The summed E-state index contributed by atoms with van der Waals surface area (Å²) in [4.78, 5) is 27.0. The summed E-state index contributed by atoms with van der Waals surface area (Å²) in [5.74, 6) is -0.924. The van der Waals surface area contributed by atoms with Crippen molar-refractivity contribution in [2.75, 3.05) is 0 Å². The molecule has 0 saturated carbocycles. The molecule has 35 heavy (non-hydrogen) atoms. The number of allylic oxidation sites excluding steroid dienone is 3. The van der Waals surface area contributed by atoms with E-state index in [0.717, 1.165) is 16.8 Å². The monoisotopic (exact) mass is 465 g/mol. The molecule has 176 valence electrons. The van der Waals surface area contributed by atoms with Crippen LogP contribution in [0.4, 0.5) is 0 Å². The molecule has 2 N–H and O–H groups in total. The van der Waals surface area contributed by atoms with Crippen LogP contribution < -0.4 is 5.32 Å². The van der Waals surface area contributed by atoms with Crippen molar-refractivity contribution in [2.24, 2.45) is 0 Å². The van der Waals surface area contributed by atoms with Crippen LogP contribution in [0.5, 0.6) is 5.75 Å². The molecule has 3 aromatic carbocycles. The van der Waals surface area contributed by atoms with Crippen molar-refractivity contribution >= 4 is 11.8 Å². The Morgan fingerprint density at radius 2 is 1.63 bits per heavy atom. The fourth-order valence-electron chi connectivity index (χ4n) is 5.11. The van der Waals surface area contributed by atoms with E-state index in [-0.39, 0.29) is 24.1 Å². The average molecular weight is 466 g/mol. The van der Waals surface area contributed by atoms with Gasteiger partial charge in [0.15, 0.2) is 5.78 Å². The van der Waals surface area contributed by atoms with Gasteiger partial charge >= 0.3 is 5.97 Å². The van der Waals surface area contributed by atoms with Gasteiger partial charge in [-0.05, 0) is 48.1 Å². The van der Waals surface area contributed by atoms with Crippen LogP contribution in [-0.2, 0) is 20.9 Å². The van der Waals surface area contributed by atoms with Crippen LogP contribution >= 0.6 is 0 Å². The van der Waals surface area contributed by atoms with Crippen LogP contribution in [0.1, 0.15) is 48.3 Å². The Morgan fingerprint density at radius 1 is 0.943 bits per heavy atom. The van der Waals surface area contributed by atoms with Gasteiger partial charge in [0.2, 0.25) is 0 Å². The highest BCUT2D eigenvalue weighted by molar-refractivity contribution is 6.04. The molecule has 1 aliphatic heterocycles. The Kier molecular flexibility index (Phi) is 6.23. The van der Waals surface area contributed by atoms with Crippen LogP contribution in [0.15, 0.2) is 107 Å². The number of esters is 1. The molecule has 2 aliphatic rings. The number of hydrogen-bond acceptors (Lipinski definition) is 5. The topological polar surface area (TPSA) is 75.6 Å². The Morgan fingerprint density at radius 3 is 2.34 bits per heavy atom. The normalized spacial score (nSPS) is 19.7. The summed E-state index contributed by atoms with van der Waals surface area (Å²) in [7, 11) is 0. The van der Waals surface area contributed by atoms with Crippen LogP contribution in [0.2, 0.25) is 0 Å². The van der Waals surface area contributed by atoms with Gasteiger partial charge < -0.3 is 15.2 Å². The predicted molar refractivity (Wildman–Crippen MR) is 133 cm³/mol. The van der Waals surface area contributed by atoms with Gasteiger partial charge in [0.25, 0.3) is 0 Å². The lowest BCUT2D eigenvalue weighted by atomic mass is 9.71. The lowest BCUT2D eigenvalue weighted by Gasteiger charge is -2.36. The van der Waals surface area contributed by atoms with Crippen LogP contribution in [0, 0.1) is 0 Å². The number of carbonyl (C=O) groups excluding carboxylic acids is 2. The van der Waals surface area contributed by atoms with E-state index in [1.165, 1.54) is 0 Å². The van der Waals surface area contributed by atoms with E-state index in [4.69, 9.17) is 4.74 Å². The number of hydrogen-bond donors (Lipinski definition) is 2. The quantitative estimate of drug-likeness (QED) is 0.487. The molecule has 2 atom stereocenters. The zero-order chi connectivity index (χ0) is 24.4. The number of dihydropyridines is 1. The molecule has 3 aromatic rings. The number of ketones is 1. The van der Waals surface area contributed by atoms with E-state index in [2.05, 4.69) is 5.32 Å². The Labute approximate surface area is 204 Å². The summed E-state index contributed by atoms with van der Waals surface area (Å²) in [6.07, 6.45) is 1.04. The van der Waals surface area contributed by atoms with Crippen molar-refractivity contribution in [3.8, 4) is 5.75 Å². The molecule has 0 aromatic heterocycles. The van der Waals surface area contributed by atoms with Crippen LogP contribution in [0.3, 0.4) is 0 Å². The second-order valence-electron chi connectivity index (χ2n) is 9.08. The molecular formula is C30H27NO4. The highest BCUT2D eigenvalue weighted by atomic mass is 16.5. The standard InChI is InChI=1S/C30H27NO4/c1-19-27(30(34)35-18-20-9-4-2-5-10-20)28(22-13-8-14-24(32)15-22)29-25(31-19)16-23(17-26(29)33)21-11-6-3-7-12-21/h2-15,23,28,31-32H,16-18H2,1H3. The van der Waals surface area contributed by atoms with E-state index in [1.807, 2.05) is 73.7 Å². The number of nitrogens with one attached hydrogen (secondary N) is 1. The molecule has 0 saturated heterocycles. The van der Waals surface area contributed by atoms with Gasteiger partial charge in [0.1, 0.15) is 12.4 Å². The van der Waals surface area contributed by atoms with Crippen molar-refractivity contribution in [1.82, 2.24) is 5.32 Å². The fraction of sp³-hybridized carbons (Fsp3) is 0.200. The second-order valence-corrected chi connectivity index (χ2v) is 9.08. The molecule has 0 amide bonds. The van der Waals surface area contributed by atoms with Gasteiger partial charge in [-0.15, -0.1) is 0 Å². The number of Topliss-reactive ketones (excluding diaryl/α,β-unsaturated/α-hetero) is 1. The molecule has 0 radical (unpaired) electrons. The second kappa shape index (κ2) is 9.63. The third-order valence-electron chi connectivity index (χ3n) is 6.73. The zero-order valence-corrected chi connectivity index (χ0v) is 19.5. The number of ether oxygens (including phenoxy) is 1. The molecular weight excluding hydrogens is 438 g/mol.